The second-order valence-corrected chi connectivity index (χ2v) is 6.46. The van der Waals surface area contributed by atoms with Gasteiger partial charge in [0, 0.05) is 38.2 Å². The van der Waals surface area contributed by atoms with Crippen LogP contribution in [0.1, 0.15) is 17.8 Å². The van der Waals surface area contributed by atoms with Crippen molar-refractivity contribution < 1.29 is 9.47 Å². The zero-order chi connectivity index (χ0) is 15.6. The summed E-state index contributed by atoms with van der Waals surface area (Å²) in [5.41, 5.74) is 3.55. The molecule has 5 nitrogen and oxygen atoms in total. The molecule has 2 aliphatic heterocycles. The highest BCUT2D eigenvalue weighted by atomic mass is 16.5. The largest absolute Gasteiger partial charge is 0.497 e. The quantitative estimate of drug-likeness (QED) is 0.942. The van der Waals surface area contributed by atoms with E-state index in [-0.39, 0.29) is 0 Å². The molecule has 0 saturated carbocycles. The maximum Gasteiger partial charge on any atom is 0.137 e. The number of aromatic nitrogens is 2. The van der Waals surface area contributed by atoms with Crippen molar-refractivity contribution in [3.05, 3.63) is 35.7 Å². The van der Waals surface area contributed by atoms with Gasteiger partial charge in [0.15, 0.2) is 0 Å². The Labute approximate surface area is 136 Å². The Morgan fingerprint density at radius 2 is 2.39 bits per heavy atom. The smallest absolute Gasteiger partial charge is 0.137 e. The van der Waals surface area contributed by atoms with Crippen molar-refractivity contribution in [2.45, 2.75) is 19.4 Å². The normalized spacial score (nSPS) is 21.3. The van der Waals surface area contributed by atoms with Crippen LogP contribution in [0.4, 0.5) is 0 Å². The van der Waals surface area contributed by atoms with E-state index in [9.17, 15) is 0 Å². The zero-order valence-electron chi connectivity index (χ0n) is 13.5. The van der Waals surface area contributed by atoms with Crippen molar-refractivity contribution in [1.82, 2.24) is 14.9 Å². The van der Waals surface area contributed by atoms with Crippen molar-refractivity contribution in [3.63, 3.8) is 0 Å². The molecule has 0 spiro atoms. The third kappa shape index (κ3) is 3.12. The summed E-state index contributed by atoms with van der Waals surface area (Å²) in [6, 6.07) is 8.05. The standard InChI is InChI=1S/C18H23N3O2/c1-22-15-4-2-3-14(9-15)18-19-16-5-7-21(11-17(16)20-18)10-13-6-8-23-12-13/h2-4,9,13H,5-8,10-12H2,1H3,(H,19,20)/t13-/m1/s1. The van der Waals surface area contributed by atoms with E-state index in [1.165, 1.54) is 17.8 Å². The molecular formula is C18H23N3O2. The SMILES string of the molecule is COc1cccc(-c2nc3c([nH]2)CN(C[C@H]2CCOC2)CC3)c1. The Bertz CT molecular complexity index is 677. The molecule has 0 bridgehead atoms. The van der Waals surface area contributed by atoms with E-state index >= 15 is 0 Å². The Morgan fingerprint density at radius 3 is 3.22 bits per heavy atom. The fourth-order valence-electron chi connectivity index (χ4n) is 3.51. The fraction of sp³-hybridized carbons (Fsp3) is 0.500. The average molecular weight is 313 g/mol. The maximum absolute atomic E-state index is 5.49. The number of nitrogens with zero attached hydrogens (tertiary/aromatic N) is 2. The molecule has 1 N–H and O–H groups in total. The van der Waals surface area contributed by atoms with E-state index in [2.05, 4.69) is 16.0 Å². The molecule has 0 radical (unpaired) electrons. The lowest BCUT2D eigenvalue weighted by atomic mass is 10.1. The molecule has 3 heterocycles. The van der Waals surface area contributed by atoms with E-state index in [1.807, 2.05) is 18.2 Å². The summed E-state index contributed by atoms with van der Waals surface area (Å²) in [5.74, 6) is 2.50. The number of imidazole rings is 1. The van der Waals surface area contributed by atoms with E-state index in [1.54, 1.807) is 7.11 Å². The lowest BCUT2D eigenvalue weighted by molar-refractivity contribution is 0.161. The number of H-pyrrole nitrogens is 1. The minimum atomic E-state index is 0.692. The van der Waals surface area contributed by atoms with Crippen molar-refractivity contribution in [3.8, 4) is 17.1 Å². The lowest BCUT2D eigenvalue weighted by Gasteiger charge is -2.27. The molecule has 1 aromatic carbocycles. The molecule has 4 rings (SSSR count). The van der Waals surface area contributed by atoms with E-state index < -0.39 is 0 Å². The average Bonchev–Trinajstić information content (AvgIpc) is 3.24. The van der Waals surface area contributed by atoms with Crippen molar-refractivity contribution >= 4 is 0 Å². The number of rotatable bonds is 4. The molecule has 0 aliphatic carbocycles. The molecule has 1 atom stereocenters. The van der Waals surface area contributed by atoms with Crippen molar-refractivity contribution in [2.75, 3.05) is 33.4 Å². The van der Waals surface area contributed by atoms with E-state index in [4.69, 9.17) is 14.5 Å². The van der Waals surface area contributed by atoms with E-state index in [0.29, 0.717) is 5.92 Å². The highest BCUT2D eigenvalue weighted by Gasteiger charge is 2.24. The summed E-state index contributed by atoms with van der Waals surface area (Å²) in [6.45, 7) is 5.02. The first-order chi connectivity index (χ1) is 11.3. The third-order valence-corrected chi connectivity index (χ3v) is 4.79. The number of benzene rings is 1. The van der Waals surface area contributed by atoms with Gasteiger partial charge < -0.3 is 14.5 Å². The number of aromatic amines is 1. The van der Waals surface area contributed by atoms with Gasteiger partial charge in [0.1, 0.15) is 11.6 Å². The van der Waals surface area contributed by atoms with Gasteiger partial charge in [-0.1, -0.05) is 12.1 Å². The Kier molecular flexibility index (Phi) is 4.06. The van der Waals surface area contributed by atoms with Crippen LogP contribution in [0.15, 0.2) is 24.3 Å². The van der Waals surface area contributed by atoms with Crippen LogP contribution in [-0.2, 0) is 17.7 Å². The lowest BCUT2D eigenvalue weighted by Crippen LogP contribution is -2.34. The van der Waals surface area contributed by atoms with Gasteiger partial charge in [-0.3, -0.25) is 4.90 Å². The minimum Gasteiger partial charge on any atom is -0.497 e. The highest BCUT2D eigenvalue weighted by Crippen LogP contribution is 2.26. The van der Waals surface area contributed by atoms with Gasteiger partial charge in [0.2, 0.25) is 0 Å². The van der Waals surface area contributed by atoms with Gasteiger partial charge in [-0.05, 0) is 24.5 Å². The van der Waals surface area contributed by atoms with Gasteiger partial charge >= 0.3 is 0 Å². The predicted molar refractivity (Wildman–Crippen MR) is 88.5 cm³/mol. The molecule has 122 valence electrons. The number of hydrogen-bond donors (Lipinski definition) is 1. The third-order valence-electron chi connectivity index (χ3n) is 4.79. The van der Waals surface area contributed by atoms with Gasteiger partial charge in [-0.25, -0.2) is 4.98 Å². The van der Waals surface area contributed by atoms with Gasteiger partial charge in [-0.15, -0.1) is 0 Å². The molecule has 0 unspecified atom stereocenters. The van der Waals surface area contributed by atoms with Crippen LogP contribution in [0.2, 0.25) is 0 Å². The van der Waals surface area contributed by atoms with Crippen molar-refractivity contribution in [1.29, 1.82) is 0 Å². The van der Waals surface area contributed by atoms with Crippen LogP contribution >= 0.6 is 0 Å². The Morgan fingerprint density at radius 1 is 1.43 bits per heavy atom. The molecule has 1 fully saturated rings. The molecule has 5 heteroatoms. The number of methoxy groups -OCH3 is 1. The zero-order valence-corrected chi connectivity index (χ0v) is 13.5. The highest BCUT2D eigenvalue weighted by molar-refractivity contribution is 5.58. The second kappa shape index (κ2) is 6.34. The summed E-state index contributed by atoms with van der Waals surface area (Å²) >= 11 is 0. The molecular weight excluding hydrogens is 290 g/mol. The van der Waals surface area contributed by atoms with Crippen LogP contribution in [0.25, 0.3) is 11.4 Å². The number of fused-ring (bicyclic) bond motifs is 1. The second-order valence-electron chi connectivity index (χ2n) is 6.46. The summed E-state index contributed by atoms with van der Waals surface area (Å²) in [7, 11) is 1.69. The van der Waals surface area contributed by atoms with Gasteiger partial charge in [0.05, 0.1) is 25.1 Å². The van der Waals surface area contributed by atoms with Crippen molar-refractivity contribution in [2.24, 2.45) is 5.92 Å². The molecule has 23 heavy (non-hydrogen) atoms. The number of nitrogens with one attached hydrogen (secondary N) is 1. The molecule has 1 aromatic heterocycles. The first-order valence-electron chi connectivity index (χ1n) is 8.34. The molecule has 2 aliphatic rings. The first kappa shape index (κ1) is 14.7. The van der Waals surface area contributed by atoms with Gasteiger partial charge in [-0.2, -0.15) is 0 Å². The topological polar surface area (TPSA) is 50.4 Å². The summed E-state index contributed by atoms with van der Waals surface area (Å²) < 4.78 is 10.8. The van der Waals surface area contributed by atoms with Crippen LogP contribution in [0.3, 0.4) is 0 Å². The maximum atomic E-state index is 5.49. The number of hydrogen-bond acceptors (Lipinski definition) is 4. The van der Waals surface area contributed by atoms with Crippen LogP contribution in [-0.4, -0.2) is 48.3 Å². The summed E-state index contributed by atoms with van der Waals surface area (Å²) in [4.78, 5) is 10.8. The molecule has 1 saturated heterocycles. The minimum absolute atomic E-state index is 0.692. The summed E-state index contributed by atoms with van der Waals surface area (Å²) in [5, 5.41) is 0. The first-order valence-corrected chi connectivity index (χ1v) is 8.34. The van der Waals surface area contributed by atoms with Crippen LogP contribution in [0.5, 0.6) is 5.75 Å². The Balaban J connectivity index is 1.50. The summed E-state index contributed by atoms with van der Waals surface area (Å²) in [6.07, 6.45) is 2.21. The number of ether oxygens (including phenoxy) is 2. The van der Waals surface area contributed by atoms with Crippen LogP contribution < -0.4 is 4.74 Å². The molecule has 2 aromatic rings. The van der Waals surface area contributed by atoms with Gasteiger partial charge in [0.25, 0.3) is 0 Å². The molecule has 0 amide bonds. The van der Waals surface area contributed by atoms with E-state index in [0.717, 1.165) is 56.4 Å². The van der Waals surface area contributed by atoms with Crippen LogP contribution in [0, 0.1) is 5.92 Å². The Hall–Kier alpha value is -1.85. The monoisotopic (exact) mass is 313 g/mol. The predicted octanol–water partition coefficient (Wildman–Crippen LogP) is 2.48. The fourth-order valence-corrected chi connectivity index (χ4v) is 3.51.